The molecule has 0 aromatic heterocycles. The number of nitrogens with zero attached hydrogens (tertiary/aromatic N) is 2. The fraction of sp³-hybridized carbons (Fsp3) is 0.348. The van der Waals surface area contributed by atoms with Gasteiger partial charge in [0.15, 0.2) is 0 Å². The third-order valence-corrected chi connectivity index (χ3v) is 7.42. The molecule has 1 fully saturated rings. The van der Waals surface area contributed by atoms with Crippen molar-refractivity contribution in [2.75, 3.05) is 26.2 Å². The molecule has 1 saturated heterocycles. The van der Waals surface area contributed by atoms with Crippen LogP contribution in [0, 0.1) is 5.82 Å². The Morgan fingerprint density at radius 1 is 1.03 bits per heavy atom. The van der Waals surface area contributed by atoms with Crippen molar-refractivity contribution in [3.8, 4) is 0 Å². The molecule has 0 atom stereocenters. The van der Waals surface area contributed by atoms with E-state index >= 15 is 0 Å². The first-order valence-electron chi connectivity index (χ1n) is 10.0. The Kier molecular flexibility index (Phi) is 6.88. The number of carbonyl (C=O) groups excluding carboxylic acids is 1. The zero-order valence-electron chi connectivity index (χ0n) is 17.8. The third kappa shape index (κ3) is 5.53. The summed E-state index contributed by atoms with van der Waals surface area (Å²) in [6.45, 7) is 7.17. The second kappa shape index (κ2) is 9.10. The molecule has 0 unspecified atom stereocenters. The van der Waals surface area contributed by atoms with E-state index in [-0.39, 0.29) is 53.0 Å². The summed E-state index contributed by atoms with van der Waals surface area (Å²) < 4.78 is 41.2. The molecule has 3 rings (SSSR count). The summed E-state index contributed by atoms with van der Waals surface area (Å²) in [6.07, 6.45) is 2.69. The first kappa shape index (κ1) is 23.4. The number of sulfonamides is 1. The van der Waals surface area contributed by atoms with E-state index < -0.39 is 15.8 Å². The minimum absolute atomic E-state index is 0.0588. The maximum absolute atomic E-state index is 13.8. The maximum atomic E-state index is 13.8. The van der Waals surface area contributed by atoms with Crippen LogP contribution in [0.15, 0.2) is 53.4 Å². The van der Waals surface area contributed by atoms with Crippen LogP contribution in [-0.4, -0.2) is 49.7 Å². The fourth-order valence-electron chi connectivity index (χ4n) is 3.33. The summed E-state index contributed by atoms with van der Waals surface area (Å²) in [4.78, 5) is 14.2. The van der Waals surface area contributed by atoms with Crippen molar-refractivity contribution in [1.29, 1.82) is 0 Å². The highest BCUT2D eigenvalue weighted by Gasteiger charge is 2.30. The molecule has 1 aliphatic rings. The van der Waals surface area contributed by atoms with Crippen molar-refractivity contribution in [2.24, 2.45) is 0 Å². The van der Waals surface area contributed by atoms with Crippen LogP contribution in [-0.2, 0) is 20.2 Å². The van der Waals surface area contributed by atoms with E-state index in [1.807, 2.05) is 12.1 Å². The van der Waals surface area contributed by atoms with Gasteiger partial charge in [0.25, 0.3) is 0 Å². The number of benzene rings is 2. The number of amides is 1. The van der Waals surface area contributed by atoms with E-state index in [0.717, 1.165) is 5.56 Å². The summed E-state index contributed by atoms with van der Waals surface area (Å²) in [7, 11) is -3.62. The van der Waals surface area contributed by atoms with Gasteiger partial charge in [-0.1, -0.05) is 50.6 Å². The first-order valence-corrected chi connectivity index (χ1v) is 11.8. The minimum Gasteiger partial charge on any atom is -0.337 e. The molecule has 1 aliphatic heterocycles. The molecule has 0 saturated carbocycles. The molecule has 0 N–H and O–H groups in total. The summed E-state index contributed by atoms with van der Waals surface area (Å²) in [5.74, 6) is -0.800. The van der Waals surface area contributed by atoms with Crippen LogP contribution in [0.25, 0.3) is 6.08 Å². The molecule has 0 aliphatic carbocycles. The molecule has 2 aromatic rings. The van der Waals surface area contributed by atoms with Gasteiger partial charge in [-0.25, -0.2) is 12.8 Å². The molecule has 31 heavy (non-hydrogen) atoms. The van der Waals surface area contributed by atoms with Crippen LogP contribution >= 0.6 is 11.6 Å². The van der Waals surface area contributed by atoms with Crippen molar-refractivity contribution in [3.05, 3.63) is 70.5 Å². The van der Waals surface area contributed by atoms with Gasteiger partial charge in [0.05, 0.1) is 4.90 Å². The topological polar surface area (TPSA) is 57.7 Å². The van der Waals surface area contributed by atoms with Gasteiger partial charge in [-0.2, -0.15) is 4.31 Å². The monoisotopic (exact) mass is 464 g/mol. The Balaban J connectivity index is 1.63. The normalized spacial score (nSPS) is 16.1. The van der Waals surface area contributed by atoms with Gasteiger partial charge >= 0.3 is 0 Å². The predicted molar refractivity (Wildman–Crippen MR) is 121 cm³/mol. The molecular weight excluding hydrogens is 439 g/mol. The van der Waals surface area contributed by atoms with Crippen LogP contribution in [0.4, 0.5) is 4.39 Å². The second-order valence-electron chi connectivity index (χ2n) is 8.50. The number of carbonyl (C=O) groups is 1. The lowest BCUT2D eigenvalue weighted by Crippen LogP contribution is -2.50. The van der Waals surface area contributed by atoms with Crippen LogP contribution in [0.1, 0.15) is 31.9 Å². The Labute approximate surface area is 188 Å². The highest BCUT2D eigenvalue weighted by atomic mass is 35.5. The lowest BCUT2D eigenvalue weighted by molar-refractivity contribution is -0.127. The van der Waals surface area contributed by atoms with E-state index in [9.17, 15) is 17.6 Å². The first-order chi connectivity index (χ1) is 14.5. The van der Waals surface area contributed by atoms with Crippen molar-refractivity contribution in [3.63, 3.8) is 0 Å². The lowest BCUT2D eigenvalue weighted by Gasteiger charge is -2.33. The molecule has 8 heteroatoms. The predicted octanol–water partition coefficient (Wildman–Crippen LogP) is 4.32. The van der Waals surface area contributed by atoms with Crippen molar-refractivity contribution >= 4 is 33.6 Å². The van der Waals surface area contributed by atoms with Crippen LogP contribution in [0.5, 0.6) is 0 Å². The van der Waals surface area contributed by atoms with Crippen molar-refractivity contribution in [2.45, 2.75) is 31.1 Å². The Morgan fingerprint density at radius 2 is 1.65 bits per heavy atom. The van der Waals surface area contributed by atoms with Gasteiger partial charge in [0, 0.05) is 42.8 Å². The fourth-order valence-corrected chi connectivity index (χ4v) is 4.91. The Bertz CT molecular complexity index is 1080. The molecule has 0 spiro atoms. The van der Waals surface area contributed by atoms with Gasteiger partial charge in [0.2, 0.25) is 15.9 Å². The number of hydrogen-bond donors (Lipinski definition) is 0. The summed E-state index contributed by atoms with van der Waals surface area (Å²) in [6, 6.07) is 11.2. The Morgan fingerprint density at radius 3 is 2.19 bits per heavy atom. The zero-order chi connectivity index (χ0) is 22.8. The zero-order valence-corrected chi connectivity index (χ0v) is 19.4. The molecular formula is C23H26ClFN2O3S. The second-order valence-corrected chi connectivity index (χ2v) is 10.9. The average Bonchev–Trinajstić information content (AvgIpc) is 2.72. The maximum Gasteiger partial charge on any atom is 0.246 e. The van der Waals surface area contributed by atoms with Crippen molar-refractivity contribution < 1.29 is 17.6 Å². The number of halogens is 2. The quantitative estimate of drug-likeness (QED) is 0.633. The van der Waals surface area contributed by atoms with Crippen LogP contribution < -0.4 is 0 Å². The SMILES string of the molecule is CC(C)(C)c1ccc(S(=O)(=O)N2CCN(C(=O)/C=C/c3ccc(Cl)cc3F)CC2)cc1. The van der Waals surface area contributed by atoms with E-state index in [4.69, 9.17) is 11.6 Å². The average molecular weight is 465 g/mol. The molecule has 1 heterocycles. The Hall–Kier alpha value is -2.22. The van der Waals surface area contributed by atoms with Gasteiger partial charge in [0.1, 0.15) is 5.82 Å². The van der Waals surface area contributed by atoms with Crippen LogP contribution in [0.2, 0.25) is 5.02 Å². The molecule has 0 radical (unpaired) electrons. The van der Waals surface area contributed by atoms with Gasteiger partial charge in [-0.05, 0) is 41.3 Å². The summed E-state index contributed by atoms with van der Waals surface area (Å²) in [5, 5.41) is 0.284. The number of hydrogen-bond acceptors (Lipinski definition) is 3. The highest BCUT2D eigenvalue weighted by Crippen LogP contribution is 2.25. The van der Waals surface area contributed by atoms with E-state index in [1.165, 1.54) is 28.6 Å². The minimum atomic E-state index is -3.62. The molecule has 0 bridgehead atoms. The number of rotatable bonds is 4. The van der Waals surface area contributed by atoms with Gasteiger partial charge < -0.3 is 4.90 Å². The lowest BCUT2D eigenvalue weighted by atomic mass is 9.87. The van der Waals surface area contributed by atoms with Crippen molar-refractivity contribution in [1.82, 2.24) is 9.21 Å². The van der Waals surface area contributed by atoms with Crippen LogP contribution in [0.3, 0.4) is 0 Å². The molecule has 1 amide bonds. The smallest absolute Gasteiger partial charge is 0.246 e. The summed E-state index contributed by atoms with van der Waals surface area (Å²) >= 11 is 5.73. The third-order valence-electron chi connectivity index (χ3n) is 5.28. The molecule has 5 nitrogen and oxygen atoms in total. The largest absolute Gasteiger partial charge is 0.337 e. The number of piperazine rings is 1. The molecule has 2 aromatic carbocycles. The van der Waals surface area contributed by atoms with E-state index in [2.05, 4.69) is 20.8 Å². The summed E-state index contributed by atoms with van der Waals surface area (Å²) in [5.41, 5.74) is 1.26. The van der Waals surface area contributed by atoms with E-state index in [1.54, 1.807) is 23.1 Å². The van der Waals surface area contributed by atoms with Gasteiger partial charge in [-0.3, -0.25) is 4.79 Å². The van der Waals surface area contributed by atoms with E-state index in [0.29, 0.717) is 0 Å². The standard InChI is InChI=1S/C23H26ClFN2O3S/c1-23(2,3)18-6-9-20(10-7-18)31(29,30)27-14-12-26(13-15-27)22(28)11-5-17-4-8-19(24)16-21(17)25/h4-11,16H,12-15H2,1-3H3/b11-5+. The molecule has 166 valence electrons. The van der Waals surface area contributed by atoms with Gasteiger partial charge in [-0.15, -0.1) is 0 Å². The highest BCUT2D eigenvalue weighted by molar-refractivity contribution is 7.89.